The number of thiophene rings is 1. The van der Waals surface area contributed by atoms with E-state index in [1.807, 2.05) is 0 Å². The molecule has 5 heteroatoms. The molecule has 0 amide bonds. The molecule has 2 nitrogen and oxygen atoms in total. The SMILES string of the molecule is CC1CN(C(CN)c2cc(Br)cs2)CC(C)S1. The summed E-state index contributed by atoms with van der Waals surface area (Å²) in [6, 6.07) is 2.59. The second-order valence-corrected chi connectivity index (χ2v) is 8.37. The van der Waals surface area contributed by atoms with Gasteiger partial charge in [-0.1, -0.05) is 13.8 Å². The second-order valence-electron chi connectivity index (χ2n) is 4.63. The first-order valence-corrected chi connectivity index (χ1v) is 8.55. The van der Waals surface area contributed by atoms with Crippen molar-refractivity contribution >= 4 is 39.0 Å². The molecule has 96 valence electrons. The second kappa shape index (κ2) is 6.06. The first-order chi connectivity index (χ1) is 8.10. The predicted octanol–water partition coefficient (Wildman–Crippen LogP) is 3.34. The number of thioether (sulfide) groups is 1. The van der Waals surface area contributed by atoms with Crippen LogP contribution in [0.5, 0.6) is 0 Å². The van der Waals surface area contributed by atoms with Gasteiger partial charge in [-0.25, -0.2) is 0 Å². The lowest BCUT2D eigenvalue weighted by molar-refractivity contribution is 0.202. The van der Waals surface area contributed by atoms with Crippen molar-refractivity contribution in [3.05, 3.63) is 20.8 Å². The van der Waals surface area contributed by atoms with E-state index < -0.39 is 0 Å². The fourth-order valence-corrected chi connectivity index (χ4v) is 5.36. The Morgan fingerprint density at radius 3 is 2.59 bits per heavy atom. The number of rotatable bonds is 3. The Morgan fingerprint density at radius 1 is 1.47 bits per heavy atom. The molecule has 0 aromatic carbocycles. The van der Waals surface area contributed by atoms with Crippen LogP contribution in [0, 0.1) is 0 Å². The van der Waals surface area contributed by atoms with E-state index in [1.165, 1.54) is 9.35 Å². The average molecular weight is 335 g/mol. The topological polar surface area (TPSA) is 29.3 Å². The molecule has 1 aliphatic rings. The molecular formula is C12H19BrN2S2. The highest BCUT2D eigenvalue weighted by atomic mass is 79.9. The summed E-state index contributed by atoms with van der Waals surface area (Å²) in [5.74, 6) is 0. The fourth-order valence-electron chi connectivity index (χ4n) is 2.42. The monoisotopic (exact) mass is 334 g/mol. The first kappa shape index (κ1) is 13.9. The van der Waals surface area contributed by atoms with Crippen LogP contribution in [0.3, 0.4) is 0 Å². The number of halogens is 1. The molecule has 1 saturated heterocycles. The highest BCUT2D eigenvalue weighted by Gasteiger charge is 2.28. The van der Waals surface area contributed by atoms with Gasteiger partial charge in [0.2, 0.25) is 0 Å². The molecule has 0 aliphatic carbocycles. The van der Waals surface area contributed by atoms with E-state index in [0.717, 1.165) is 13.1 Å². The van der Waals surface area contributed by atoms with E-state index in [4.69, 9.17) is 5.73 Å². The minimum absolute atomic E-state index is 0.386. The van der Waals surface area contributed by atoms with Crippen molar-refractivity contribution in [1.82, 2.24) is 4.90 Å². The van der Waals surface area contributed by atoms with Crippen LogP contribution in [0.25, 0.3) is 0 Å². The van der Waals surface area contributed by atoms with Gasteiger partial charge in [-0.15, -0.1) is 11.3 Å². The van der Waals surface area contributed by atoms with Crippen LogP contribution in [-0.2, 0) is 0 Å². The van der Waals surface area contributed by atoms with Gasteiger partial charge in [0.05, 0.1) is 6.04 Å². The molecule has 1 aromatic rings. The molecule has 2 heterocycles. The van der Waals surface area contributed by atoms with E-state index >= 15 is 0 Å². The van der Waals surface area contributed by atoms with E-state index in [1.54, 1.807) is 11.3 Å². The van der Waals surface area contributed by atoms with Gasteiger partial charge in [-0.2, -0.15) is 11.8 Å². The van der Waals surface area contributed by atoms with Gasteiger partial charge in [0.15, 0.2) is 0 Å². The maximum atomic E-state index is 5.98. The Kier molecular flexibility index (Phi) is 4.95. The summed E-state index contributed by atoms with van der Waals surface area (Å²) < 4.78 is 1.17. The van der Waals surface area contributed by atoms with Crippen molar-refractivity contribution in [3.63, 3.8) is 0 Å². The Morgan fingerprint density at radius 2 is 2.12 bits per heavy atom. The Hall–Kier alpha value is 0.450. The van der Waals surface area contributed by atoms with Crippen molar-refractivity contribution in [3.8, 4) is 0 Å². The van der Waals surface area contributed by atoms with E-state index in [9.17, 15) is 0 Å². The van der Waals surface area contributed by atoms with Crippen LogP contribution in [0.1, 0.15) is 24.8 Å². The Balaban J connectivity index is 2.12. The standard InChI is InChI=1S/C12H19BrN2S2/c1-8-5-15(6-9(2)17-8)11(4-14)12-3-10(13)7-16-12/h3,7-9,11H,4-6,14H2,1-2H3. The molecule has 1 aromatic heterocycles. The minimum Gasteiger partial charge on any atom is -0.329 e. The van der Waals surface area contributed by atoms with Crippen molar-refractivity contribution in [2.24, 2.45) is 5.73 Å². The molecule has 2 N–H and O–H groups in total. The molecule has 1 aliphatic heterocycles. The third kappa shape index (κ3) is 3.47. The molecule has 1 fully saturated rings. The zero-order valence-corrected chi connectivity index (χ0v) is 13.4. The molecule has 3 atom stereocenters. The largest absolute Gasteiger partial charge is 0.329 e. The maximum Gasteiger partial charge on any atom is 0.0565 e. The molecule has 0 saturated carbocycles. The summed E-state index contributed by atoms with van der Waals surface area (Å²) >= 11 is 7.41. The van der Waals surface area contributed by atoms with Crippen LogP contribution < -0.4 is 5.73 Å². The Bertz CT molecular complexity index is 359. The van der Waals surface area contributed by atoms with E-state index in [-0.39, 0.29) is 0 Å². The van der Waals surface area contributed by atoms with Gasteiger partial charge in [-0.3, -0.25) is 4.90 Å². The highest BCUT2D eigenvalue weighted by molar-refractivity contribution is 9.10. The summed E-state index contributed by atoms with van der Waals surface area (Å²) in [4.78, 5) is 3.93. The summed E-state index contributed by atoms with van der Waals surface area (Å²) in [5.41, 5.74) is 5.98. The fraction of sp³-hybridized carbons (Fsp3) is 0.667. The lowest BCUT2D eigenvalue weighted by Crippen LogP contribution is -2.44. The third-order valence-electron chi connectivity index (χ3n) is 3.03. The molecule has 0 radical (unpaired) electrons. The van der Waals surface area contributed by atoms with E-state index in [0.29, 0.717) is 23.1 Å². The van der Waals surface area contributed by atoms with Crippen LogP contribution >= 0.6 is 39.0 Å². The summed E-state index contributed by atoms with van der Waals surface area (Å²) in [6.07, 6.45) is 0. The van der Waals surface area contributed by atoms with Crippen molar-refractivity contribution in [2.45, 2.75) is 30.4 Å². The molecule has 17 heavy (non-hydrogen) atoms. The van der Waals surface area contributed by atoms with Crippen LogP contribution in [0.4, 0.5) is 0 Å². The van der Waals surface area contributed by atoms with Gasteiger partial charge >= 0.3 is 0 Å². The van der Waals surface area contributed by atoms with Crippen LogP contribution in [-0.4, -0.2) is 35.0 Å². The summed E-state index contributed by atoms with van der Waals surface area (Å²) in [7, 11) is 0. The zero-order chi connectivity index (χ0) is 12.4. The molecule has 0 spiro atoms. The van der Waals surface area contributed by atoms with Gasteiger partial charge in [-0.05, 0) is 22.0 Å². The normalized spacial score (nSPS) is 28.2. The molecule has 0 bridgehead atoms. The third-order valence-corrected chi connectivity index (χ3v) is 6.05. The molecular weight excluding hydrogens is 316 g/mol. The maximum absolute atomic E-state index is 5.98. The number of nitrogens with zero attached hydrogens (tertiary/aromatic N) is 1. The minimum atomic E-state index is 0.386. The first-order valence-electron chi connectivity index (χ1n) is 5.93. The average Bonchev–Trinajstić information content (AvgIpc) is 2.64. The van der Waals surface area contributed by atoms with Gasteiger partial charge in [0.25, 0.3) is 0 Å². The van der Waals surface area contributed by atoms with E-state index in [2.05, 4.69) is 57.9 Å². The number of nitrogens with two attached hydrogens (primary N) is 1. The highest BCUT2D eigenvalue weighted by Crippen LogP contribution is 2.33. The van der Waals surface area contributed by atoms with Crippen molar-refractivity contribution < 1.29 is 0 Å². The zero-order valence-electron chi connectivity index (χ0n) is 10.2. The number of hydrogen-bond acceptors (Lipinski definition) is 4. The van der Waals surface area contributed by atoms with Crippen LogP contribution in [0.15, 0.2) is 15.9 Å². The predicted molar refractivity (Wildman–Crippen MR) is 81.9 cm³/mol. The smallest absolute Gasteiger partial charge is 0.0565 e. The van der Waals surface area contributed by atoms with Gasteiger partial charge in [0, 0.05) is 44.9 Å². The molecule has 2 rings (SSSR count). The number of hydrogen-bond donors (Lipinski definition) is 1. The quantitative estimate of drug-likeness (QED) is 0.919. The lowest BCUT2D eigenvalue weighted by atomic mass is 10.1. The van der Waals surface area contributed by atoms with Crippen molar-refractivity contribution in [1.29, 1.82) is 0 Å². The summed E-state index contributed by atoms with van der Waals surface area (Å²) in [6.45, 7) is 7.62. The van der Waals surface area contributed by atoms with Crippen molar-refractivity contribution in [2.75, 3.05) is 19.6 Å². The summed E-state index contributed by atoms with van der Waals surface area (Å²) in [5, 5.41) is 3.55. The van der Waals surface area contributed by atoms with Gasteiger partial charge in [0.1, 0.15) is 0 Å². The Labute approximate surface area is 120 Å². The van der Waals surface area contributed by atoms with Gasteiger partial charge < -0.3 is 5.73 Å². The molecule has 3 unspecified atom stereocenters. The van der Waals surface area contributed by atoms with Crippen LogP contribution in [0.2, 0.25) is 0 Å². The lowest BCUT2D eigenvalue weighted by Gasteiger charge is -2.39.